The molecule has 6 nitrogen and oxygen atoms in total. The van der Waals surface area contributed by atoms with Crippen molar-refractivity contribution in [1.29, 1.82) is 0 Å². The molecule has 3 heterocycles. The summed E-state index contributed by atoms with van der Waals surface area (Å²) in [6, 6.07) is 0.363. The van der Waals surface area contributed by atoms with Crippen LogP contribution in [0.15, 0.2) is 23.1 Å². The van der Waals surface area contributed by atoms with Gasteiger partial charge in [-0.3, -0.25) is 9.58 Å². The molecular formula is C18H26N4O2. The van der Waals surface area contributed by atoms with E-state index >= 15 is 0 Å². The summed E-state index contributed by atoms with van der Waals surface area (Å²) in [4.78, 5) is 2.41. The Balaban J connectivity index is 1.47. The molecule has 2 aliphatic rings. The molecule has 0 unspecified atom stereocenters. The van der Waals surface area contributed by atoms with E-state index in [9.17, 15) is 5.11 Å². The number of aliphatic hydroxyl groups is 1. The van der Waals surface area contributed by atoms with Crippen LogP contribution in [0.3, 0.4) is 0 Å². The molecule has 2 fully saturated rings. The highest BCUT2D eigenvalue weighted by Crippen LogP contribution is 2.42. The highest BCUT2D eigenvalue weighted by molar-refractivity contribution is 5.23. The van der Waals surface area contributed by atoms with Crippen LogP contribution in [0.25, 0.3) is 0 Å². The molecule has 1 saturated heterocycles. The van der Waals surface area contributed by atoms with Crippen molar-refractivity contribution in [1.82, 2.24) is 19.8 Å². The molecule has 6 heteroatoms. The van der Waals surface area contributed by atoms with Crippen LogP contribution in [0, 0.1) is 5.92 Å². The summed E-state index contributed by atoms with van der Waals surface area (Å²) in [6.45, 7) is 7.19. The van der Waals surface area contributed by atoms with Crippen LogP contribution < -0.4 is 0 Å². The Morgan fingerprint density at radius 1 is 1.29 bits per heavy atom. The van der Waals surface area contributed by atoms with E-state index in [0.29, 0.717) is 17.9 Å². The van der Waals surface area contributed by atoms with Crippen molar-refractivity contribution in [3.05, 3.63) is 35.5 Å². The van der Waals surface area contributed by atoms with Gasteiger partial charge in [0.2, 0.25) is 0 Å². The van der Waals surface area contributed by atoms with Gasteiger partial charge in [0.1, 0.15) is 5.76 Å². The number of likely N-dealkylation sites (tertiary alicyclic amines) is 1. The van der Waals surface area contributed by atoms with Crippen LogP contribution in [0.5, 0.6) is 0 Å². The first-order valence-corrected chi connectivity index (χ1v) is 8.96. The van der Waals surface area contributed by atoms with Crippen LogP contribution in [0.4, 0.5) is 0 Å². The Kier molecular flexibility index (Phi) is 4.18. The summed E-state index contributed by atoms with van der Waals surface area (Å²) in [6.07, 6.45) is 8.41. The smallest absolute Gasteiger partial charge is 0.144 e. The molecule has 1 aliphatic heterocycles. The van der Waals surface area contributed by atoms with Gasteiger partial charge in [-0.05, 0) is 32.3 Å². The van der Waals surface area contributed by atoms with Crippen LogP contribution >= 0.6 is 0 Å². The second-order valence-electron chi connectivity index (χ2n) is 7.58. The maximum absolute atomic E-state index is 9.83. The predicted octanol–water partition coefficient (Wildman–Crippen LogP) is 2.54. The maximum Gasteiger partial charge on any atom is 0.144 e. The average Bonchev–Trinajstić information content (AvgIpc) is 3.01. The van der Waals surface area contributed by atoms with Crippen LogP contribution in [-0.2, 0) is 6.54 Å². The van der Waals surface area contributed by atoms with Crippen LogP contribution in [0.2, 0.25) is 0 Å². The second kappa shape index (κ2) is 6.33. The standard InChI is InChI=1S/C18H26N4O2/c1-12(2)22-9-14(5-19-22)17-10-21(8-16(17)11-23)7-15-6-20-24-18(15)13-3-4-13/h5-6,9,12-13,16-17,23H,3-4,7-8,10-11H2,1-2H3/t16-,17-/m0/s1. The molecule has 4 rings (SSSR count). The van der Waals surface area contributed by atoms with Gasteiger partial charge in [0.25, 0.3) is 0 Å². The number of nitrogens with zero attached hydrogens (tertiary/aromatic N) is 4. The molecule has 0 bridgehead atoms. The van der Waals surface area contributed by atoms with Crippen molar-refractivity contribution in [2.75, 3.05) is 19.7 Å². The summed E-state index contributed by atoms with van der Waals surface area (Å²) in [5, 5.41) is 18.3. The molecule has 0 radical (unpaired) electrons. The molecule has 1 aliphatic carbocycles. The summed E-state index contributed by atoms with van der Waals surface area (Å²) >= 11 is 0. The highest BCUT2D eigenvalue weighted by atomic mass is 16.5. The van der Waals surface area contributed by atoms with Crippen LogP contribution in [-0.4, -0.2) is 44.6 Å². The first kappa shape index (κ1) is 15.8. The van der Waals surface area contributed by atoms with Crippen molar-refractivity contribution in [2.24, 2.45) is 5.92 Å². The average molecular weight is 330 g/mol. The Morgan fingerprint density at radius 3 is 2.79 bits per heavy atom. The number of hydrogen-bond donors (Lipinski definition) is 1. The van der Waals surface area contributed by atoms with Gasteiger partial charge in [-0.15, -0.1) is 0 Å². The van der Waals surface area contributed by atoms with Gasteiger partial charge in [0, 0.05) is 61.8 Å². The van der Waals surface area contributed by atoms with E-state index in [-0.39, 0.29) is 12.5 Å². The molecule has 0 spiro atoms. The highest BCUT2D eigenvalue weighted by Gasteiger charge is 2.36. The summed E-state index contributed by atoms with van der Waals surface area (Å²) < 4.78 is 7.45. The zero-order valence-electron chi connectivity index (χ0n) is 14.4. The number of rotatable bonds is 6. The van der Waals surface area contributed by atoms with Gasteiger partial charge >= 0.3 is 0 Å². The minimum atomic E-state index is 0.215. The monoisotopic (exact) mass is 330 g/mol. The fourth-order valence-corrected chi connectivity index (χ4v) is 3.79. The third-order valence-corrected chi connectivity index (χ3v) is 5.35. The predicted molar refractivity (Wildman–Crippen MR) is 89.7 cm³/mol. The van der Waals surface area contributed by atoms with Gasteiger partial charge in [0.15, 0.2) is 0 Å². The Morgan fingerprint density at radius 2 is 2.12 bits per heavy atom. The molecule has 1 saturated carbocycles. The van der Waals surface area contributed by atoms with Gasteiger partial charge in [-0.25, -0.2) is 0 Å². The van der Waals surface area contributed by atoms with E-state index in [1.165, 1.54) is 24.0 Å². The Labute approximate surface area is 142 Å². The second-order valence-corrected chi connectivity index (χ2v) is 7.58. The SMILES string of the molecule is CC(C)n1cc([C@@H]2CN(Cc3cnoc3C3CC3)C[C@H]2CO)cn1. The summed E-state index contributed by atoms with van der Waals surface area (Å²) in [7, 11) is 0. The maximum atomic E-state index is 9.83. The molecule has 2 aromatic rings. The van der Waals surface area contributed by atoms with Crippen molar-refractivity contribution in [2.45, 2.75) is 51.1 Å². The molecule has 24 heavy (non-hydrogen) atoms. The van der Waals surface area contributed by atoms with Crippen molar-refractivity contribution in [3.8, 4) is 0 Å². The molecule has 2 aromatic heterocycles. The number of aromatic nitrogens is 3. The fourth-order valence-electron chi connectivity index (χ4n) is 3.79. The third-order valence-electron chi connectivity index (χ3n) is 5.35. The summed E-state index contributed by atoms with van der Waals surface area (Å²) in [5.41, 5.74) is 2.45. The summed E-state index contributed by atoms with van der Waals surface area (Å²) in [5.74, 6) is 2.26. The van der Waals surface area contributed by atoms with E-state index in [1.54, 1.807) is 0 Å². The molecule has 130 valence electrons. The fraction of sp³-hybridized carbons (Fsp3) is 0.667. The normalized spacial score (nSPS) is 25.0. The van der Waals surface area contributed by atoms with Crippen LogP contribution in [0.1, 0.15) is 61.5 Å². The number of hydrogen-bond acceptors (Lipinski definition) is 5. The molecular weight excluding hydrogens is 304 g/mol. The van der Waals surface area contributed by atoms with Gasteiger partial charge in [0.05, 0.1) is 12.4 Å². The van der Waals surface area contributed by atoms with E-state index in [0.717, 1.165) is 25.4 Å². The molecule has 0 aromatic carbocycles. The minimum absolute atomic E-state index is 0.215. The first-order valence-electron chi connectivity index (χ1n) is 8.96. The van der Waals surface area contributed by atoms with E-state index < -0.39 is 0 Å². The lowest BCUT2D eigenvalue weighted by Crippen LogP contribution is -2.21. The topological polar surface area (TPSA) is 67.3 Å². The largest absolute Gasteiger partial charge is 0.396 e. The van der Waals surface area contributed by atoms with E-state index in [2.05, 4.69) is 35.2 Å². The van der Waals surface area contributed by atoms with Crippen molar-refractivity contribution >= 4 is 0 Å². The van der Waals surface area contributed by atoms with Gasteiger partial charge in [-0.1, -0.05) is 5.16 Å². The lowest BCUT2D eigenvalue weighted by molar-refractivity contribution is 0.213. The lowest BCUT2D eigenvalue weighted by atomic mass is 9.92. The zero-order chi connectivity index (χ0) is 16.7. The molecule has 0 amide bonds. The third kappa shape index (κ3) is 3.00. The van der Waals surface area contributed by atoms with Crippen molar-refractivity contribution in [3.63, 3.8) is 0 Å². The molecule has 1 N–H and O–H groups in total. The molecule has 2 atom stereocenters. The number of aliphatic hydroxyl groups excluding tert-OH is 1. The van der Waals surface area contributed by atoms with E-state index in [4.69, 9.17) is 4.52 Å². The Bertz CT molecular complexity index is 689. The Hall–Kier alpha value is -1.66. The first-order chi connectivity index (χ1) is 11.7. The van der Waals surface area contributed by atoms with Gasteiger partial charge in [-0.2, -0.15) is 5.10 Å². The minimum Gasteiger partial charge on any atom is -0.396 e. The van der Waals surface area contributed by atoms with Gasteiger partial charge < -0.3 is 9.63 Å². The van der Waals surface area contributed by atoms with Crippen molar-refractivity contribution < 1.29 is 9.63 Å². The van der Waals surface area contributed by atoms with E-state index in [1.807, 2.05) is 17.1 Å². The quantitative estimate of drug-likeness (QED) is 0.881. The lowest BCUT2D eigenvalue weighted by Gasteiger charge is -2.15. The zero-order valence-corrected chi connectivity index (χ0v) is 14.4.